The first-order valence-corrected chi connectivity index (χ1v) is 8.20. The normalized spacial score (nSPS) is 10.6. The van der Waals surface area contributed by atoms with Gasteiger partial charge in [-0.1, -0.05) is 53.7 Å². The smallest absolute Gasteiger partial charge is 0.274 e. The number of carbonyl (C=O) groups excluding carboxylic acids is 1. The number of hydrogen-bond donors (Lipinski definition) is 1. The number of furan rings is 1. The standard InChI is InChI=1S/C20H16N4O2/c25-20(21-14-15-8-3-1-4-9-15)18-19(17-12-7-13-26-17)24(23-22-18)16-10-5-2-6-11-16/h1-13H,14H2,(H,21,25). The highest BCUT2D eigenvalue weighted by atomic mass is 16.3. The highest BCUT2D eigenvalue weighted by Crippen LogP contribution is 2.25. The maximum Gasteiger partial charge on any atom is 0.274 e. The molecule has 26 heavy (non-hydrogen) atoms. The molecule has 1 N–H and O–H groups in total. The van der Waals surface area contributed by atoms with Crippen molar-refractivity contribution in [3.05, 3.63) is 90.3 Å². The largest absolute Gasteiger partial charge is 0.463 e. The van der Waals surface area contributed by atoms with E-state index in [0.29, 0.717) is 18.0 Å². The van der Waals surface area contributed by atoms with Crippen LogP contribution in [0.5, 0.6) is 0 Å². The van der Waals surface area contributed by atoms with Gasteiger partial charge in [-0.15, -0.1) is 5.10 Å². The molecule has 2 aromatic heterocycles. The lowest BCUT2D eigenvalue weighted by atomic mass is 10.2. The first-order chi connectivity index (χ1) is 12.8. The van der Waals surface area contributed by atoms with Gasteiger partial charge in [0, 0.05) is 6.54 Å². The summed E-state index contributed by atoms with van der Waals surface area (Å²) in [5.74, 6) is 0.228. The average molecular weight is 344 g/mol. The van der Waals surface area contributed by atoms with Gasteiger partial charge in [-0.05, 0) is 29.8 Å². The van der Waals surface area contributed by atoms with Crippen LogP contribution in [0.4, 0.5) is 0 Å². The van der Waals surface area contributed by atoms with Gasteiger partial charge in [-0.25, -0.2) is 4.68 Å². The molecule has 0 radical (unpaired) electrons. The zero-order valence-electron chi connectivity index (χ0n) is 13.9. The zero-order chi connectivity index (χ0) is 17.8. The number of rotatable bonds is 5. The molecule has 4 rings (SSSR count). The van der Waals surface area contributed by atoms with Crippen molar-refractivity contribution in [1.82, 2.24) is 20.3 Å². The van der Waals surface area contributed by atoms with Crippen molar-refractivity contribution in [2.45, 2.75) is 6.54 Å². The van der Waals surface area contributed by atoms with Crippen LogP contribution in [0.15, 0.2) is 83.5 Å². The Balaban J connectivity index is 1.68. The quantitative estimate of drug-likeness (QED) is 0.602. The molecule has 0 saturated heterocycles. The Morgan fingerprint density at radius 2 is 1.69 bits per heavy atom. The van der Waals surface area contributed by atoms with Crippen LogP contribution in [0.25, 0.3) is 17.1 Å². The summed E-state index contributed by atoms with van der Waals surface area (Å²) < 4.78 is 7.12. The van der Waals surface area contributed by atoms with Crippen molar-refractivity contribution in [2.24, 2.45) is 0 Å². The molecule has 0 unspecified atom stereocenters. The van der Waals surface area contributed by atoms with Crippen LogP contribution >= 0.6 is 0 Å². The summed E-state index contributed by atoms with van der Waals surface area (Å²) in [4.78, 5) is 12.7. The Labute approximate surface area is 150 Å². The van der Waals surface area contributed by atoms with E-state index in [1.165, 1.54) is 0 Å². The van der Waals surface area contributed by atoms with Gasteiger partial charge in [-0.3, -0.25) is 4.79 Å². The second-order valence-corrected chi connectivity index (χ2v) is 5.68. The lowest BCUT2D eigenvalue weighted by Gasteiger charge is -2.07. The minimum atomic E-state index is -0.303. The fraction of sp³-hybridized carbons (Fsp3) is 0.0500. The molecule has 0 fully saturated rings. The molecule has 2 aromatic carbocycles. The third-order valence-electron chi connectivity index (χ3n) is 3.94. The minimum Gasteiger partial charge on any atom is -0.463 e. The second kappa shape index (κ2) is 7.06. The molecule has 128 valence electrons. The van der Waals surface area contributed by atoms with E-state index in [1.54, 1.807) is 23.1 Å². The number of carbonyl (C=O) groups is 1. The first kappa shape index (κ1) is 15.8. The molecule has 0 bridgehead atoms. The van der Waals surface area contributed by atoms with Crippen LogP contribution in [0.2, 0.25) is 0 Å². The zero-order valence-corrected chi connectivity index (χ0v) is 13.9. The van der Waals surface area contributed by atoms with Gasteiger partial charge in [0.1, 0.15) is 5.69 Å². The van der Waals surface area contributed by atoms with Gasteiger partial charge in [0.15, 0.2) is 11.5 Å². The van der Waals surface area contributed by atoms with Crippen molar-refractivity contribution in [3.63, 3.8) is 0 Å². The van der Waals surface area contributed by atoms with Gasteiger partial charge >= 0.3 is 0 Å². The third-order valence-corrected chi connectivity index (χ3v) is 3.94. The van der Waals surface area contributed by atoms with Gasteiger partial charge in [0.05, 0.1) is 12.0 Å². The SMILES string of the molecule is O=C(NCc1ccccc1)c1nnn(-c2ccccc2)c1-c1ccco1. The Morgan fingerprint density at radius 1 is 0.962 bits per heavy atom. The number of amides is 1. The van der Waals surface area contributed by atoms with Crippen molar-refractivity contribution in [1.29, 1.82) is 0 Å². The Hall–Kier alpha value is -3.67. The van der Waals surface area contributed by atoms with Crippen LogP contribution < -0.4 is 5.32 Å². The number of hydrogen-bond acceptors (Lipinski definition) is 4. The van der Waals surface area contributed by atoms with E-state index in [1.807, 2.05) is 60.7 Å². The molecule has 0 aliphatic carbocycles. The lowest BCUT2D eigenvalue weighted by Crippen LogP contribution is -2.24. The fourth-order valence-corrected chi connectivity index (χ4v) is 2.68. The van der Waals surface area contributed by atoms with Gasteiger partial charge in [0.2, 0.25) is 0 Å². The molecular formula is C20H16N4O2. The molecule has 0 aliphatic heterocycles. The first-order valence-electron chi connectivity index (χ1n) is 8.20. The van der Waals surface area contributed by atoms with E-state index in [2.05, 4.69) is 15.6 Å². The summed E-state index contributed by atoms with van der Waals surface area (Å²) in [7, 11) is 0. The molecule has 0 saturated carbocycles. The van der Waals surface area contributed by atoms with Crippen LogP contribution in [0.1, 0.15) is 16.1 Å². The molecule has 1 amide bonds. The van der Waals surface area contributed by atoms with Crippen molar-refractivity contribution < 1.29 is 9.21 Å². The molecule has 0 aliphatic rings. The van der Waals surface area contributed by atoms with Crippen molar-refractivity contribution >= 4 is 5.91 Å². The summed E-state index contributed by atoms with van der Waals surface area (Å²) in [5.41, 5.74) is 2.55. The van der Waals surface area contributed by atoms with E-state index in [-0.39, 0.29) is 11.6 Å². The van der Waals surface area contributed by atoms with E-state index >= 15 is 0 Å². The van der Waals surface area contributed by atoms with E-state index in [0.717, 1.165) is 11.3 Å². The molecule has 0 atom stereocenters. The Kier molecular flexibility index (Phi) is 4.30. The van der Waals surface area contributed by atoms with E-state index in [4.69, 9.17) is 4.42 Å². The number of nitrogens with zero attached hydrogens (tertiary/aromatic N) is 3. The van der Waals surface area contributed by atoms with E-state index in [9.17, 15) is 4.79 Å². The minimum absolute atomic E-state index is 0.222. The Morgan fingerprint density at radius 3 is 2.38 bits per heavy atom. The summed E-state index contributed by atoms with van der Waals surface area (Å²) in [6, 6.07) is 22.8. The summed E-state index contributed by atoms with van der Waals surface area (Å²) >= 11 is 0. The maximum absolute atomic E-state index is 12.7. The van der Waals surface area contributed by atoms with E-state index < -0.39 is 0 Å². The van der Waals surface area contributed by atoms with Gasteiger partial charge in [0.25, 0.3) is 5.91 Å². The van der Waals surface area contributed by atoms with Crippen molar-refractivity contribution in [3.8, 4) is 17.1 Å². The predicted octanol–water partition coefficient (Wildman–Crippen LogP) is 3.46. The van der Waals surface area contributed by atoms with Gasteiger partial charge in [-0.2, -0.15) is 0 Å². The third kappa shape index (κ3) is 3.12. The number of benzene rings is 2. The Bertz CT molecular complexity index is 993. The summed E-state index contributed by atoms with van der Waals surface area (Å²) in [5, 5.41) is 11.2. The van der Waals surface area contributed by atoms with Gasteiger partial charge < -0.3 is 9.73 Å². The highest BCUT2D eigenvalue weighted by Gasteiger charge is 2.23. The molecule has 6 heteroatoms. The lowest BCUT2D eigenvalue weighted by molar-refractivity contribution is 0.0946. The summed E-state index contributed by atoms with van der Waals surface area (Å²) in [6.07, 6.45) is 1.56. The average Bonchev–Trinajstić information content (AvgIpc) is 3.37. The monoisotopic (exact) mass is 344 g/mol. The van der Waals surface area contributed by atoms with Crippen LogP contribution in [0.3, 0.4) is 0 Å². The predicted molar refractivity (Wildman–Crippen MR) is 96.7 cm³/mol. The number of aromatic nitrogens is 3. The van der Waals surface area contributed by atoms with Crippen LogP contribution in [-0.2, 0) is 6.54 Å². The maximum atomic E-state index is 12.7. The number of para-hydroxylation sites is 1. The molecule has 6 nitrogen and oxygen atoms in total. The fourth-order valence-electron chi connectivity index (χ4n) is 2.68. The van der Waals surface area contributed by atoms with Crippen molar-refractivity contribution in [2.75, 3.05) is 0 Å². The van der Waals surface area contributed by atoms with Crippen LogP contribution in [0, 0.1) is 0 Å². The van der Waals surface area contributed by atoms with Crippen LogP contribution in [-0.4, -0.2) is 20.9 Å². The molecule has 0 spiro atoms. The highest BCUT2D eigenvalue weighted by molar-refractivity contribution is 5.97. The molecule has 2 heterocycles. The molecule has 4 aromatic rings. The molecular weight excluding hydrogens is 328 g/mol. The topological polar surface area (TPSA) is 73.0 Å². The second-order valence-electron chi connectivity index (χ2n) is 5.68. The number of nitrogens with one attached hydrogen (secondary N) is 1. The summed E-state index contributed by atoms with van der Waals surface area (Å²) in [6.45, 7) is 0.412.